The summed E-state index contributed by atoms with van der Waals surface area (Å²) >= 11 is 9.82. The molecule has 0 aliphatic rings. The molecule has 22 heavy (non-hydrogen) atoms. The van der Waals surface area contributed by atoms with Gasteiger partial charge in [0.05, 0.1) is 10.1 Å². The Hall–Kier alpha value is -1.23. The van der Waals surface area contributed by atoms with Crippen LogP contribution in [0.5, 0.6) is 0 Å². The molecule has 0 atom stereocenters. The van der Waals surface area contributed by atoms with E-state index >= 15 is 0 Å². The van der Waals surface area contributed by atoms with E-state index in [1.165, 1.54) is 9.58 Å². The molecule has 2 rings (SSSR count). The van der Waals surface area contributed by atoms with Crippen molar-refractivity contribution in [1.29, 1.82) is 0 Å². The van der Waals surface area contributed by atoms with Crippen molar-refractivity contribution >= 4 is 49.8 Å². The highest BCUT2D eigenvalue weighted by molar-refractivity contribution is 8.13. The SMILES string of the molecule is CC=C(O)/C=C(C)\N=C(/C)SCc1sc2ccccc2c1Cl. The number of allylic oxidation sites excluding steroid dienone is 3. The van der Waals surface area contributed by atoms with Gasteiger partial charge in [0.15, 0.2) is 0 Å². The lowest BCUT2D eigenvalue weighted by atomic mass is 10.2. The van der Waals surface area contributed by atoms with Crippen LogP contribution in [0.4, 0.5) is 0 Å². The summed E-state index contributed by atoms with van der Waals surface area (Å²) in [5, 5.41) is 12.4. The maximum Gasteiger partial charge on any atom is 0.113 e. The number of fused-ring (bicyclic) bond motifs is 1. The second-order valence-electron chi connectivity index (χ2n) is 4.75. The van der Waals surface area contributed by atoms with E-state index in [-0.39, 0.29) is 5.76 Å². The van der Waals surface area contributed by atoms with Crippen LogP contribution >= 0.6 is 34.7 Å². The van der Waals surface area contributed by atoms with Gasteiger partial charge in [0.2, 0.25) is 0 Å². The van der Waals surface area contributed by atoms with Crippen LogP contribution in [0.1, 0.15) is 25.6 Å². The molecule has 1 aromatic heterocycles. The number of aliphatic imine (C=N–C) groups is 1. The third kappa shape index (κ3) is 4.38. The zero-order valence-corrected chi connectivity index (χ0v) is 15.1. The first-order valence-electron chi connectivity index (χ1n) is 6.89. The molecule has 0 aliphatic heterocycles. The summed E-state index contributed by atoms with van der Waals surface area (Å²) < 4.78 is 1.21. The number of nitrogens with zero attached hydrogens (tertiary/aromatic N) is 1. The summed E-state index contributed by atoms with van der Waals surface area (Å²) in [6.45, 7) is 5.63. The average molecular weight is 352 g/mol. The topological polar surface area (TPSA) is 32.6 Å². The van der Waals surface area contributed by atoms with E-state index in [4.69, 9.17) is 11.6 Å². The van der Waals surface area contributed by atoms with Crippen molar-refractivity contribution in [2.24, 2.45) is 4.99 Å². The molecule has 1 heterocycles. The molecule has 0 radical (unpaired) electrons. The number of hydrogen-bond donors (Lipinski definition) is 1. The van der Waals surface area contributed by atoms with Crippen LogP contribution in [-0.4, -0.2) is 10.2 Å². The number of rotatable bonds is 4. The van der Waals surface area contributed by atoms with Crippen LogP contribution in [0.15, 0.2) is 52.9 Å². The largest absolute Gasteiger partial charge is 0.508 e. The van der Waals surface area contributed by atoms with Crippen LogP contribution in [0, 0.1) is 0 Å². The smallest absolute Gasteiger partial charge is 0.113 e. The molecule has 2 aromatic rings. The third-order valence-electron chi connectivity index (χ3n) is 3.00. The van der Waals surface area contributed by atoms with Gasteiger partial charge in [-0.3, -0.25) is 4.99 Å². The fourth-order valence-corrected chi connectivity index (χ4v) is 4.42. The van der Waals surface area contributed by atoms with Crippen molar-refractivity contribution in [2.75, 3.05) is 0 Å². The molecule has 0 fully saturated rings. The molecule has 5 heteroatoms. The van der Waals surface area contributed by atoms with Gasteiger partial charge in [-0.25, -0.2) is 0 Å². The molecule has 0 unspecified atom stereocenters. The van der Waals surface area contributed by atoms with Crippen molar-refractivity contribution in [1.82, 2.24) is 0 Å². The van der Waals surface area contributed by atoms with E-state index in [2.05, 4.69) is 17.1 Å². The van der Waals surface area contributed by atoms with Gasteiger partial charge < -0.3 is 5.11 Å². The van der Waals surface area contributed by atoms with Crippen molar-refractivity contribution in [2.45, 2.75) is 26.5 Å². The van der Waals surface area contributed by atoms with Gasteiger partial charge in [-0.05, 0) is 32.9 Å². The number of aliphatic hydroxyl groups is 1. The van der Waals surface area contributed by atoms with Crippen molar-refractivity contribution < 1.29 is 5.11 Å². The quantitative estimate of drug-likeness (QED) is 0.292. The lowest BCUT2D eigenvalue weighted by molar-refractivity contribution is 0.430. The number of hydrogen-bond acceptors (Lipinski definition) is 4. The molecule has 0 amide bonds. The normalized spacial score (nSPS) is 13.9. The molecule has 0 bridgehead atoms. The lowest BCUT2D eigenvalue weighted by Crippen LogP contribution is -1.87. The monoisotopic (exact) mass is 351 g/mol. The fraction of sp³-hybridized carbons (Fsp3) is 0.235. The Morgan fingerprint density at radius 3 is 2.77 bits per heavy atom. The molecule has 2 nitrogen and oxygen atoms in total. The lowest BCUT2D eigenvalue weighted by Gasteiger charge is -2.01. The minimum Gasteiger partial charge on any atom is -0.508 e. The van der Waals surface area contributed by atoms with E-state index in [9.17, 15) is 5.11 Å². The highest BCUT2D eigenvalue weighted by Gasteiger charge is 2.10. The molecule has 1 N–H and O–H groups in total. The molecule has 0 aliphatic carbocycles. The van der Waals surface area contributed by atoms with Crippen molar-refractivity contribution in [3.63, 3.8) is 0 Å². The average Bonchev–Trinajstić information content (AvgIpc) is 2.82. The summed E-state index contributed by atoms with van der Waals surface area (Å²) in [4.78, 5) is 5.63. The highest BCUT2D eigenvalue weighted by atomic mass is 35.5. The summed E-state index contributed by atoms with van der Waals surface area (Å²) in [5.41, 5.74) is 0.781. The van der Waals surface area contributed by atoms with Gasteiger partial charge in [0.25, 0.3) is 0 Å². The first-order chi connectivity index (χ1) is 10.5. The van der Waals surface area contributed by atoms with Gasteiger partial charge in [-0.1, -0.05) is 29.8 Å². The van der Waals surface area contributed by atoms with Gasteiger partial charge in [-0.15, -0.1) is 23.1 Å². The number of thioether (sulfide) groups is 1. The molecular weight excluding hydrogens is 334 g/mol. The molecule has 1 aromatic carbocycles. The third-order valence-corrected chi connectivity index (χ3v) is 5.84. The minimum atomic E-state index is 0.228. The Bertz CT molecular complexity index is 759. The fourth-order valence-electron chi connectivity index (χ4n) is 1.94. The highest BCUT2D eigenvalue weighted by Crippen LogP contribution is 2.37. The van der Waals surface area contributed by atoms with Crippen LogP contribution in [0.2, 0.25) is 5.02 Å². The Morgan fingerprint density at radius 1 is 1.36 bits per heavy atom. The maximum absolute atomic E-state index is 9.46. The van der Waals surface area contributed by atoms with Gasteiger partial charge in [0.1, 0.15) is 5.76 Å². The molecule has 116 valence electrons. The summed E-state index contributed by atoms with van der Waals surface area (Å²) in [6.07, 6.45) is 3.29. The zero-order valence-electron chi connectivity index (χ0n) is 12.8. The second kappa shape index (κ2) is 7.86. The second-order valence-corrected chi connectivity index (χ2v) is 7.44. The standard InChI is InChI=1S/C17H18ClNOS2/c1-4-13(20)9-11(2)19-12(3)21-10-16-17(18)14-7-5-6-8-15(14)22-16/h4-9,20H,10H2,1-3H3/b11-9-,13-4?,19-12+. The number of thiophene rings is 1. The Morgan fingerprint density at radius 2 is 2.09 bits per heavy atom. The zero-order chi connectivity index (χ0) is 16.1. The van der Waals surface area contributed by atoms with Gasteiger partial charge >= 0.3 is 0 Å². The van der Waals surface area contributed by atoms with E-state index in [0.29, 0.717) is 0 Å². The van der Waals surface area contributed by atoms with Gasteiger partial charge in [-0.2, -0.15) is 0 Å². The van der Waals surface area contributed by atoms with Gasteiger partial charge in [0, 0.05) is 32.5 Å². The minimum absolute atomic E-state index is 0.228. The molecular formula is C17H18ClNOS2. The van der Waals surface area contributed by atoms with E-state index in [1.54, 1.807) is 42.2 Å². The number of aliphatic hydroxyl groups excluding tert-OH is 1. The predicted molar refractivity (Wildman–Crippen MR) is 101 cm³/mol. The van der Waals surface area contributed by atoms with E-state index in [1.807, 2.05) is 26.0 Å². The maximum atomic E-state index is 9.46. The first-order valence-corrected chi connectivity index (χ1v) is 9.07. The van der Waals surface area contributed by atoms with Crippen molar-refractivity contribution in [3.05, 3.63) is 57.8 Å². The molecule has 0 spiro atoms. The Labute approximate surface area is 144 Å². The summed E-state index contributed by atoms with van der Waals surface area (Å²) in [5.74, 6) is 1.03. The van der Waals surface area contributed by atoms with E-state index in [0.717, 1.165) is 26.9 Å². The summed E-state index contributed by atoms with van der Waals surface area (Å²) in [6, 6.07) is 8.18. The van der Waals surface area contributed by atoms with Crippen LogP contribution in [-0.2, 0) is 5.75 Å². The van der Waals surface area contributed by atoms with Crippen LogP contribution in [0.3, 0.4) is 0 Å². The molecule has 0 saturated carbocycles. The van der Waals surface area contributed by atoms with Crippen LogP contribution in [0.25, 0.3) is 10.1 Å². The van der Waals surface area contributed by atoms with E-state index < -0.39 is 0 Å². The Balaban J connectivity index is 2.08. The molecule has 0 saturated heterocycles. The number of halogens is 1. The summed E-state index contributed by atoms with van der Waals surface area (Å²) in [7, 11) is 0. The van der Waals surface area contributed by atoms with Crippen LogP contribution < -0.4 is 0 Å². The number of benzene rings is 1. The Kier molecular flexibility index (Phi) is 6.12. The first kappa shape index (κ1) is 17.1. The predicted octanol–water partition coefficient (Wildman–Crippen LogP) is 6.57. The van der Waals surface area contributed by atoms with Crippen molar-refractivity contribution in [3.8, 4) is 0 Å².